The van der Waals surface area contributed by atoms with E-state index in [4.69, 9.17) is 0 Å². The summed E-state index contributed by atoms with van der Waals surface area (Å²) >= 11 is 0. The van der Waals surface area contributed by atoms with Gasteiger partial charge in [0.2, 0.25) is 0 Å². The number of rotatable bonds is 3. The van der Waals surface area contributed by atoms with Gasteiger partial charge in [0.25, 0.3) is 0 Å². The van der Waals surface area contributed by atoms with Gasteiger partial charge in [-0.1, -0.05) is 84.9 Å². The third kappa shape index (κ3) is 5.07. The third-order valence-electron chi connectivity index (χ3n) is 3.60. The zero-order valence-corrected chi connectivity index (χ0v) is 13.7. The van der Waals surface area contributed by atoms with E-state index in [0.717, 1.165) is 11.1 Å². The van der Waals surface area contributed by atoms with Gasteiger partial charge >= 0.3 is 0 Å². The summed E-state index contributed by atoms with van der Waals surface area (Å²) in [4.78, 5) is 10.5. The van der Waals surface area contributed by atoms with Crippen molar-refractivity contribution < 1.29 is 15.6 Å². The van der Waals surface area contributed by atoms with Gasteiger partial charge in [-0.3, -0.25) is 0 Å². The second-order valence-corrected chi connectivity index (χ2v) is 5.54. The second kappa shape index (κ2) is 8.65. The van der Waals surface area contributed by atoms with E-state index in [1.807, 2.05) is 48.5 Å². The van der Waals surface area contributed by atoms with E-state index in [1.54, 1.807) is 24.3 Å². The molecular weight excluding hydrogens is 298 g/mol. The second-order valence-electron chi connectivity index (χ2n) is 5.54. The van der Waals surface area contributed by atoms with Crippen LogP contribution < -0.4 is 10.8 Å². The van der Waals surface area contributed by atoms with E-state index in [1.165, 1.54) is 5.56 Å². The maximum atomic E-state index is 10.5. The van der Waals surface area contributed by atoms with Gasteiger partial charge in [-0.05, 0) is 23.6 Å². The van der Waals surface area contributed by atoms with Crippen LogP contribution in [0.3, 0.4) is 0 Å². The highest BCUT2D eigenvalue weighted by molar-refractivity contribution is 5.86. The van der Waals surface area contributed by atoms with Gasteiger partial charge in [-0.2, -0.15) is 0 Å². The Bertz CT molecular complexity index is 751. The highest BCUT2D eigenvalue weighted by atomic mass is 16.4. The predicted octanol–water partition coefficient (Wildman–Crippen LogP) is 2.71. The van der Waals surface area contributed by atoms with Crippen LogP contribution in [0.4, 0.5) is 0 Å². The lowest BCUT2D eigenvalue weighted by molar-refractivity contribution is -0.420. The lowest BCUT2D eigenvalue weighted by atomic mass is 10.0. The Morgan fingerprint density at radius 1 is 0.792 bits per heavy atom. The standard InChI is InChI=1S/C13H10O2.C8H11N/c14-13(15)12-8-6-11(7-9-12)10-4-2-1-3-5-10;1-7(9)8-5-3-2-4-6-8/h1-9H,(H,14,15);2-7H,9H2,1H3/t;7-/m.1/s1. The van der Waals surface area contributed by atoms with Crippen molar-refractivity contribution >= 4 is 5.97 Å². The van der Waals surface area contributed by atoms with Crippen molar-refractivity contribution in [1.82, 2.24) is 0 Å². The summed E-state index contributed by atoms with van der Waals surface area (Å²) in [6.45, 7) is 2.09. The normalized spacial score (nSPS) is 11.1. The van der Waals surface area contributed by atoms with Crippen LogP contribution in [0, 0.1) is 0 Å². The van der Waals surface area contributed by atoms with Gasteiger partial charge in [0.1, 0.15) is 6.04 Å². The smallest absolute Gasteiger partial charge is 0.107 e. The molecule has 0 heterocycles. The van der Waals surface area contributed by atoms with E-state index in [-0.39, 0.29) is 5.56 Å². The van der Waals surface area contributed by atoms with E-state index in [0.29, 0.717) is 6.04 Å². The lowest BCUT2D eigenvalue weighted by Gasteiger charge is -2.04. The van der Waals surface area contributed by atoms with E-state index >= 15 is 0 Å². The molecule has 0 fully saturated rings. The summed E-state index contributed by atoms with van der Waals surface area (Å²) in [5.74, 6) is -1.14. The number of carboxylic acid groups (broad SMARTS) is 1. The van der Waals surface area contributed by atoms with Gasteiger partial charge in [-0.15, -0.1) is 0 Å². The van der Waals surface area contributed by atoms with Gasteiger partial charge in [-0.25, -0.2) is 0 Å². The third-order valence-corrected chi connectivity index (χ3v) is 3.60. The molecule has 0 bridgehead atoms. The molecular formula is C21H21NO2. The number of quaternary nitrogens is 1. The van der Waals surface area contributed by atoms with Gasteiger partial charge in [0.05, 0.1) is 5.97 Å². The highest BCUT2D eigenvalue weighted by Crippen LogP contribution is 2.18. The lowest BCUT2D eigenvalue weighted by Crippen LogP contribution is -2.51. The first kappa shape index (κ1) is 17.4. The van der Waals surface area contributed by atoms with Crippen LogP contribution in [-0.4, -0.2) is 5.97 Å². The molecule has 0 amide bonds. The average molecular weight is 319 g/mol. The molecule has 3 N–H and O–H groups in total. The fourth-order valence-corrected chi connectivity index (χ4v) is 2.21. The van der Waals surface area contributed by atoms with Gasteiger partial charge in [0.15, 0.2) is 0 Å². The molecule has 0 aliphatic heterocycles. The molecule has 0 saturated carbocycles. The van der Waals surface area contributed by atoms with Gasteiger partial charge in [0, 0.05) is 5.56 Å². The fraction of sp³-hybridized carbons (Fsp3) is 0.0952. The summed E-state index contributed by atoms with van der Waals surface area (Å²) in [5, 5.41) is 10.5. The van der Waals surface area contributed by atoms with Crippen LogP contribution in [0.2, 0.25) is 0 Å². The summed E-state index contributed by atoms with van der Waals surface area (Å²) in [6, 6.07) is 27.2. The van der Waals surface area contributed by atoms with Crippen molar-refractivity contribution in [3.05, 3.63) is 96.1 Å². The molecule has 24 heavy (non-hydrogen) atoms. The Morgan fingerprint density at radius 2 is 1.25 bits per heavy atom. The van der Waals surface area contributed by atoms with E-state index in [9.17, 15) is 9.90 Å². The zero-order valence-electron chi connectivity index (χ0n) is 13.7. The van der Waals surface area contributed by atoms with E-state index < -0.39 is 5.97 Å². The van der Waals surface area contributed by atoms with Crippen LogP contribution >= 0.6 is 0 Å². The molecule has 0 aliphatic rings. The number of carbonyl (C=O) groups excluding carboxylic acids is 1. The van der Waals surface area contributed by atoms with Crippen molar-refractivity contribution in [2.24, 2.45) is 0 Å². The monoisotopic (exact) mass is 319 g/mol. The molecule has 0 saturated heterocycles. The molecule has 0 radical (unpaired) electrons. The highest BCUT2D eigenvalue weighted by Gasteiger charge is 1.98. The van der Waals surface area contributed by atoms with Crippen LogP contribution in [0.25, 0.3) is 11.1 Å². The largest absolute Gasteiger partial charge is 0.545 e. The Balaban J connectivity index is 0.000000198. The van der Waals surface area contributed by atoms with Crippen molar-refractivity contribution in [3.8, 4) is 11.1 Å². The molecule has 0 unspecified atom stereocenters. The minimum Gasteiger partial charge on any atom is -0.545 e. The summed E-state index contributed by atoms with van der Waals surface area (Å²) < 4.78 is 0. The number of carbonyl (C=O) groups is 1. The summed E-state index contributed by atoms with van der Waals surface area (Å²) in [7, 11) is 0. The van der Waals surface area contributed by atoms with Crippen molar-refractivity contribution in [2.75, 3.05) is 0 Å². The number of benzene rings is 3. The van der Waals surface area contributed by atoms with Crippen LogP contribution in [-0.2, 0) is 0 Å². The molecule has 0 spiro atoms. The molecule has 3 rings (SSSR count). The predicted molar refractivity (Wildman–Crippen MR) is 94.0 cm³/mol. The first-order chi connectivity index (χ1) is 11.6. The molecule has 122 valence electrons. The molecule has 3 nitrogen and oxygen atoms in total. The Morgan fingerprint density at radius 3 is 1.67 bits per heavy atom. The number of carboxylic acids is 1. The molecule has 1 atom stereocenters. The van der Waals surface area contributed by atoms with Crippen molar-refractivity contribution in [3.63, 3.8) is 0 Å². The van der Waals surface area contributed by atoms with Crippen LogP contribution in [0.15, 0.2) is 84.9 Å². The Hall–Kier alpha value is -2.91. The van der Waals surface area contributed by atoms with Crippen LogP contribution in [0.5, 0.6) is 0 Å². The summed E-state index contributed by atoms with van der Waals surface area (Å²) in [5.41, 5.74) is 7.49. The van der Waals surface area contributed by atoms with Crippen LogP contribution in [0.1, 0.15) is 28.9 Å². The number of aromatic carboxylic acids is 1. The molecule has 0 aliphatic carbocycles. The first-order valence-corrected chi connectivity index (χ1v) is 7.83. The molecule has 0 aromatic heterocycles. The fourth-order valence-electron chi connectivity index (χ4n) is 2.21. The average Bonchev–Trinajstić information content (AvgIpc) is 2.64. The summed E-state index contributed by atoms with van der Waals surface area (Å²) in [6.07, 6.45) is 0. The van der Waals surface area contributed by atoms with Crippen molar-refractivity contribution in [1.29, 1.82) is 0 Å². The minimum atomic E-state index is -1.14. The number of hydrogen-bond acceptors (Lipinski definition) is 2. The maximum absolute atomic E-state index is 10.5. The Kier molecular flexibility index (Phi) is 6.29. The molecule has 3 heteroatoms. The molecule has 3 aromatic carbocycles. The van der Waals surface area contributed by atoms with Crippen molar-refractivity contribution in [2.45, 2.75) is 13.0 Å². The van der Waals surface area contributed by atoms with E-state index in [2.05, 4.69) is 24.8 Å². The minimum absolute atomic E-state index is 0.203. The number of hydrogen-bond donors (Lipinski definition) is 1. The van der Waals surface area contributed by atoms with Gasteiger partial charge < -0.3 is 15.6 Å². The molecule has 3 aromatic rings. The zero-order chi connectivity index (χ0) is 17.4. The first-order valence-electron chi connectivity index (χ1n) is 7.83. The maximum Gasteiger partial charge on any atom is 0.107 e. The topological polar surface area (TPSA) is 67.8 Å². The quantitative estimate of drug-likeness (QED) is 0.806. The Labute approximate surface area is 142 Å². The SMILES string of the molecule is C[C@@H]([NH3+])c1ccccc1.O=C([O-])c1ccc(-c2ccccc2)cc1.